The summed E-state index contributed by atoms with van der Waals surface area (Å²) in [5.41, 5.74) is 0. The third kappa shape index (κ3) is 3.41. The fourth-order valence-corrected chi connectivity index (χ4v) is 3.34. The summed E-state index contributed by atoms with van der Waals surface area (Å²) in [7, 11) is 0. The van der Waals surface area contributed by atoms with E-state index in [0.29, 0.717) is 17.9 Å². The maximum Gasteiger partial charge on any atom is 0.225 e. The lowest BCUT2D eigenvalue weighted by Crippen LogP contribution is -2.53. The first-order chi connectivity index (χ1) is 8.75. The Bertz CT molecular complexity index is 308. The van der Waals surface area contributed by atoms with Crippen LogP contribution in [0.2, 0.25) is 0 Å². The maximum atomic E-state index is 12.3. The van der Waals surface area contributed by atoms with Crippen LogP contribution in [0.15, 0.2) is 0 Å². The van der Waals surface area contributed by atoms with Gasteiger partial charge in [0.25, 0.3) is 0 Å². The summed E-state index contributed by atoms with van der Waals surface area (Å²) in [5, 5.41) is 3.42. The van der Waals surface area contributed by atoms with Gasteiger partial charge in [0.15, 0.2) is 0 Å². The van der Waals surface area contributed by atoms with Crippen LogP contribution in [0.3, 0.4) is 0 Å². The first-order valence-electron chi connectivity index (χ1n) is 7.49. The minimum Gasteiger partial charge on any atom is -0.340 e. The Kier molecular flexibility index (Phi) is 5.09. The summed E-state index contributed by atoms with van der Waals surface area (Å²) in [4.78, 5) is 17.0. The lowest BCUT2D eigenvalue weighted by atomic mass is 10.0. The van der Waals surface area contributed by atoms with Gasteiger partial charge < -0.3 is 10.2 Å². The van der Waals surface area contributed by atoms with Gasteiger partial charge in [-0.2, -0.15) is 0 Å². The lowest BCUT2D eigenvalue weighted by molar-refractivity contribution is -0.137. The van der Waals surface area contributed by atoms with E-state index < -0.39 is 0 Å². The quantitative estimate of drug-likeness (QED) is 0.840. The normalized spacial score (nSPS) is 29.9. The molecule has 2 heterocycles. The summed E-state index contributed by atoms with van der Waals surface area (Å²) in [5.74, 6) is 1.36. The smallest absolute Gasteiger partial charge is 0.225 e. The Balaban J connectivity index is 0.00000133. The van der Waals surface area contributed by atoms with Crippen molar-refractivity contribution in [3.05, 3.63) is 0 Å². The van der Waals surface area contributed by atoms with Crippen LogP contribution in [0, 0.1) is 11.8 Å². The molecule has 1 amide bonds. The number of hydrogen-bond acceptors (Lipinski definition) is 3. The molecule has 2 unspecified atom stereocenters. The van der Waals surface area contributed by atoms with E-state index in [4.69, 9.17) is 0 Å². The van der Waals surface area contributed by atoms with Crippen molar-refractivity contribution in [3.63, 3.8) is 0 Å². The van der Waals surface area contributed by atoms with Crippen LogP contribution >= 0.6 is 12.4 Å². The highest BCUT2D eigenvalue weighted by Crippen LogP contribution is 2.37. The van der Waals surface area contributed by atoms with E-state index in [9.17, 15) is 4.79 Å². The van der Waals surface area contributed by atoms with Crippen LogP contribution in [0.4, 0.5) is 0 Å². The summed E-state index contributed by atoms with van der Waals surface area (Å²) >= 11 is 0. The molecule has 2 atom stereocenters. The largest absolute Gasteiger partial charge is 0.340 e. The molecule has 2 saturated heterocycles. The molecule has 0 spiro atoms. The Morgan fingerprint density at radius 2 is 1.84 bits per heavy atom. The van der Waals surface area contributed by atoms with Gasteiger partial charge in [-0.15, -0.1) is 12.4 Å². The second kappa shape index (κ2) is 6.42. The van der Waals surface area contributed by atoms with Gasteiger partial charge in [-0.1, -0.05) is 6.92 Å². The summed E-state index contributed by atoms with van der Waals surface area (Å²) in [6, 6.07) is 0.711. The van der Waals surface area contributed by atoms with Crippen molar-refractivity contribution in [2.24, 2.45) is 11.8 Å². The molecular weight excluding hydrogens is 262 g/mol. The van der Waals surface area contributed by atoms with Crippen LogP contribution in [-0.4, -0.2) is 61.0 Å². The third-order valence-electron chi connectivity index (χ3n) is 4.90. The van der Waals surface area contributed by atoms with Gasteiger partial charge in [0, 0.05) is 44.7 Å². The van der Waals surface area contributed by atoms with E-state index in [2.05, 4.69) is 22.0 Å². The Hall–Kier alpha value is -0.320. The number of hydrogen-bond donors (Lipinski definition) is 1. The first kappa shape index (κ1) is 15.1. The molecule has 4 nitrogen and oxygen atoms in total. The van der Waals surface area contributed by atoms with Crippen molar-refractivity contribution in [1.29, 1.82) is 0 Å². The van der Waals surface area contributed by atoms with E-state index in [1.54, 1.807) is 0 Å². The zero-order chi connectivity index (χ0) is 12.5. The highest BCUT2D eigenvalue weighted by atomic mass is 35.5. The van der Waals surface area contributed by atoms with Crippen LogP contribution in [-0.2, 0) is 4.79 Å². The van der Waals surface area contributed by atoms with Crippen LogP contribution in [0.25, 0.3) is 0 Å². The van der Waals surface area contributed by atoms with Gasteiger partial charge in [0.05, 0.1) is 0 Å². The fraction of sp³-hybridized carbons (Fsp3) is 0.929. The topological polar surface area (TPSA) is 35.6 Å². The van der Waals surface area contributed by atoms with Gasteiger partial charge in [-0.25, -0.2) is 0 Å². The summed E-state index contributed by atoms with van der Waals surface area (Å²) in [6.45, 7) is 8.41. The molecule has 110 valence electrons. The van der Waals surface area contributed by atoms with Crippen LogP contribution in [0.1, 0.15) is 26.2 Å². The van der Waals surface area contributed by atoms with E-state index >= 15 is 0 Å². The molecule has 0 aromatic heterocycles. The fourth-order valence-electron chi connectivity index (χ4n) is 3.34. The van der Waals surface area contributed by atoms with Crippen molar-refractivity contribution in [3.8, 4) is 0 Å². The standard InChI is InChI=1S/C14H25N3O.ClH/c1-11(12-2-3-12)14(18)17-8-6-16(7-9-17)13-4-5-15-10-13;/h11-13,15H,2-10H2,1H3;1H. The summed E-state index contributed by atoms with van der Waals surface area (Å²) in [6.07, 6.45) is 3.80. The molecule has 19 heavy (non-hydrogen) atoms. The highest BCUT2D eigenvalue weighted by molar-refractivity contribution is 5.85. The molecule has 3 rings (SSSR count). The minimum absolute atomic E-state index is 0. The van der Waals surface area contributed by atoms with E-state index in [1.165, 1.54) is 19.3 Å². The summed E-state index contributed by atoms with van der Waals surface area (Å²) < 4.78 is 0. The molecule has 1 aliphatic carbocycles. The van der Waals surface area contributed by atoms with Crippen molar-refractivity contribution < 1.29 is 4.79 Å². The van der Waals surface area contributed by atoms with E-state index in [1.807, 2.05) is 0 Å². The van der Waals surface area contributed by atoms with Gasteiger partial charge in [-0.3, -0.25) is 9.69 Å². The Labute approximate surface area is 122 Å². The number of rotatable bonds is 3. The van der Waals surface area contributed by atoms with Gasteiger partial charge in [0.1, 0.15) is 0 Å². The van der Waals surface area contributed by atoms with Crippen molar-refractivity contribution in [2.45, 2.75) is 32.2 Å². The zero-order valence-electron chi connectivity index (χ0n) is 11.8. The molecule has 1 N–H and O–H groups in total. The Morgan fingerprint density at radius 1 is 1.16 bits per heavy atom. The number of nitrogens with one attached hydrogen (secondary N) is 1. The molecular formula is C14H26ClN3O. The van der Waals surface area contributed by atoms with Crippen molar-refractivity contribution in [2.75, 3.05) is 39.3 Å². The number of carbonyl (C=O) groups excluding carboxylic acids is 1. The number of nitrogens with zero attached hydrogens (tertiary/aromatic N) is 2. The van der Waals surface area contributed by atoms with Gasteiger partial charge >= 0.3 is 0 Å². The zero-order valence-corrected chi connectivity index (χ0v) is 12.6. The number of piperazine rings is 1. The second-order valence-electron chi connectivity index (χ2n) is 6.13. The molecule has 3 fully saturated rings. The first-order valence-corrected chi connectivity index (χ1v) is 7.49. The van der Waals surface area contributed by atoms with E-state index in [-0.39, 0.29) is 18.3 Å². The Morgan fingerprint density at radius 3 is 2.37 bits per heavy atom. The van der Waals surface area contributed by atoms with Gasteiger partial charge in [-0.05, 0) is 31.7 Å². The van der Waals surface area contributed by atoms with E-state index in [0.717, 1.165) is 39.3 Å². The van der Waals surface area contributed by atoms with Crippen LogP contribution in [0.5, 0.6) is 0 Å². The van der Waals surface area contributed by atoms with Crippen molar-refractivity contribution >= 4 is 18.3 Å². The minimum atomic E-state index is 0. The third-order valence-corrected chi connectivity index (χ3v) is 4.90. The molecule has 0 radical (unpaired) electrons. The highest BCUT2D eigenvalue weighted by Gasteiger charge is 2.36. The molecule has 5 heteroatoms. The predicted octanol–water partition coefficient (Wildman–Crippen LogP) is 0.960. The predicted molar refractivity (Wildman–Crippen MR) is 78.6 cm³/mol. The van der Waals surface area contributed by atoms with Gasteiger partial charge in [0.2, 0.25) is 5.91 Å². The monoisotopic (exact) mass is 287 g/mol. The molecule has 0 aromatic rings. The SMILES string of the molecule is CC(C(=O)N1CCN(C2CCNC2)CC1)C1CC1.Cl. The number of carbonyl (C=O) groups is 1. The molecule has 0 bridgehead atoms. The average Bonchev–Trinajstić information content (AvgIpc) is 3.12. The molecule has 2 aliphatic heterocycles. The lowest BCUT2D eigenvalue weighted by Gasteiger charge is -2.38. The molecule has 1 saturated carbocycles. The van der Waals surface area contributed by atoms with Crippen molar-refractivity contribution in [1.82, 2.24) is 15.1 Å². The van der Waals surface area contributed by atoms with Crippen LogP contribution < -0.4 is 5.32 Å². The average molecular weight is 288 g/mol. The number of amides is 1. The second-order valence-corrected chi connectivity index (χ2v) is 6.13. The number of halogens is 1. The molecule has 0 aromatic carbocycles. The molecule has 3 aliphatic rings. The maximum absolute atomic E-state index is 12.3.